The Labute approximate surface area is 130 Å². The Morgan fingerprint density at radius 1 is 0.957 bits per heavy atom. The van der Waals surface area contributed by atoms with Crippen LogP contribution in [0.5, 0.6) is 0 Å². The molecule has 0 bridgehead atoms. The van der Waals surface area contributed by atoms with Gasteiger partial charge in [0.25, 0.3) is 0 Å². The molecule has 4 rings (SSSR count). The summed E-state index contributed by atoms with van der Waals surface area (Å²) in [4.78, 5) is 10.8. The summed E-state index contributed by atoms with van der Waals surface area (Å²) in [5, 5.41) is 26.4. The first-order chi connectivity index (χ1) is 11.3. The van der Waals surface area contributed by atoms with Crippen LogP contribution in [-0.2, 0) is 11.5 Å². The largest absolute Gasteiger partial charge is 0.410 e. The van der Waals surface area contributed by atoms with Crippen molar-refractivity contribution in [1.82, 2.24) is 35.5 Å². The van der Waals surface area contributed by atoms with Gasteiger partial charge in [-0.25, -0.2) is 4.68 Å². The van der Waals surface area contributed by atoms with Crippen molar-refractivity contribution in [3.8, 4) is 0 Å². The minimum atomic E-state index is 0.351. The van der Waals surface area contributed by atoms with Gasteiger partial charge in [-0.05, 0) is 29.5 Å². The number of amides is 1. The zero-order chi connectivity index (χ0) is 16.1. The van der Waals surface area contributed by atoms with E-state index in [9.17, 15) is 4.79 Å². The fourth-order valence-electron chi connectivity index (χ4n) is 2.01. The van der Waals surface area contributed by atoms with E-state index in [0.717, 1.165) is 15.9 Å². The molecule has 0 fully saturated rings. The zero-order valence-electron chi connectivity index (χ0n) is 11.9. The molecule has 2 aromatic heterocycles. The van der Waals surface area contributed by atoms with Gasteiger partial charge in [0.2, 0.25) is 6.41 Å². The molecule has 0 aliphatic heterocycles. The van der Waals surface area contributed by atoms with E-state index in [4.69, 9.17) is 5.21 Å². The van der Waals surface area contributed by atoms with Crippen LogP contribution in [0.3, 0.4) is 0 Å². The van der Waals surface area contributed by atoms with E-state index in [1.54, 1.807) is 16.8 Å². The highest BCUT2D eigenvalue weighted by molar-refractivity contribution is 5.74. The van der Waals surface area contributed by atoms with Gasteiger partial charge in [0, 0.05) is 0 Å². The van der Waals surface area contributed by atoms with Crippen LogP contribution >= 0.6 is 0 Å². The summed E-state index contributed by atoms with van der Waals surface area (Å²) in [5.41, 5.74) is 3.07. The highest BCUT2D eigenvalue weighted by Gasteiger charge is 2.00. The van der Waals surface area contributed by atoms with Gasteiger partial charge in [-0.2, -0.15) is 0 Å². The number of carbonyl (C=O) groups is 1. The van der Waals surface area contributed by atoms with Crippen LogP contribution in [-0.4, -0.2) is 41.8 Å². The molecule has 9 heteroatoms. The van der Waals surface area contributed by atoms with Crippen molar-refractivity contribution in [3.05, 3.63) is 48.5 Å². The van der Waals surface area contributed by atoms with E-state index in [-0.39, 0.29) is 0 Å². The summed E-state index contributed by atoms with van der Waals surface area (Å²) in [6.45, 7) is 0.351. The SMILES string of the molecule is O=CNCn1nnc2ccccc21.On1nnc2ccccc21. The van der Waals surface area contributed by atoms with Gasteiger partial charge in [0.15, 0.2) is 0 Å². The lowest BCUT2D eigenvalue weighted by Crippen LogP contribution is -2.17. The van der Waals surface area contributed by atoms with Gasteiger partial charge in [-0.1, -0.05) is 34.3 Å². The normalized spacial score (nSPS) is 10.3. The Kier molecular flexibility index (Phi) is 4.09. The lowest BCUT2D eigenvalue weighted by atomic mass is 10.3. The second-order valence-electron chi connectivity index (χ2n) is 4.53. The number of fused-ring (bicyclic) bond motifs is 2. The molecule has 0 saturated heterocycles. The molecule has 0 unspecified atom stereocenters. The Morgan fingerprint density at radius 2 is 1.57 bits per heavy atom. The van der Waals surface area contributed by atoms with Crippen molar-refractivity contribution in [2.45, 2.75) is 6.67 Å². The Morgan fingerprint density at radius 3 is 2.26 bits per heavy atom. The molecule has 2 aromatic carbocycles. The third-order valence-electron chi connectivity index (χ3n) is 3.08. The first-order valence-corrected chi connectivity index (χ1v) is 6.74. The van der Waals surface area contributed by atoms with Crippen molar-refractivity contribution >= 4 is 28.5 Å². The topological polar surface area (TPSA) is 111 Å². The fraction of sp³-hybridized carbons (Fsp3) is 0.0714. The van der Waals surface area contributed by atoms with E-state index in [1.165, 1.54) is 0 Å². The highest BCUT2D eigenvalue weighted by Crippen LogP contribution is 2.08. The molecule has 0 aliphatic carbocycles. The number of para-hydroxylation sites is 2. The minimum Gasteiger partial charge on any atom is -0.410 e. The van der Waals surface area contributed by atoms with Crippen LogP contribution in [0.15, 0.2) is 48.5 Å². The van der Waals surface area contributed by atoms with E-state index >= 15 is 0 Å². The van der Waals surface area contributed by atoms with Gasteiger partial charge >= 0.3 is 0 Å². The molecule has 0 saturated carbocycles. The second-order valence-corrected chi connectivity index (χ2v) is 4.53. The van der Waals surface area contributed by atoms with Gasteiger partial charge in [-0.15, -0.1) is 10.2 Å². The summed E-state index contributed by atoms with van der Waals surface area (Å²) in [6.07, 6.45) is 0.635. The maximum Gasteiger partial charge on any atom is 0.208 e. The minimum absolute atomic E-state index is 0.351. The van der Waals surface area contributed by atoms with Crippen molar-refractivity contribution in [2.24, 2.45) is 0 Å². The molecular weight excluding hydrogens is 298 g/mol. The summed E-state index contributed by atoms with van der Waals surface area (Å²) >= 11 is 0. The molecule has 0 aliphatic rings. The number of carbonyl (C=O) groups excluding carboxylic acids is 1. The molecule has 0 radical (unpaired) electrons. The smallest absolute Gasteiger partial charge is 0.208 e. The van der Waals surface area contributed by atoms with Crippen LogP contribution in [0.1, 0.15) is 0 Å². The maximum absolute atomic E-state index is 10.1. The van der Waals surface area contributed by atoms with Crippen LogP contribution in [0.25, 0.3) is 22.1 Å². The lowest BCUT2D eigenvalue weighted by Gasteiger charge is -1.98. The molecule has 4 aromatic rings. The molecule has 0 atom stereocenters. The molecule has 2 heterocycles. The Hall–Kier alpha value is -3.49. The number of nitrogens with one attached hydrogen (secondary N) is 1. The average Bonchev–Trinajstić information content (AvgIpc) is 3.18. The number of nitrogens with zero attached hydrogens (tertiary/aromatic N) is 6. The Bertz CT molecular complexity index is 931. The molecule has 0 spiro atoms. The molecule has 2 N–H and O–H groups in total. The van der Waals surface area contributed by atoms with Crippen LogP contribution in [0.4, 0.5) is 0 Å². The van der Waals surface area contributed by atoms with Crippen LogP contribution < -0.4 is 5.32 Å². The number of benzene rings is 2. The molecule has 9 nitrogen and oxygen atoms in total. The Balaban J connectivity index is 0.000000140. The third-order valence-corrected chi connectivity index (χ3v) is 3.08. The molecule has 23 heavy (non-hydrogen) atoms. The van der Waals surface area contributed by atoms with Gasteiger partial charge in [-0.3, -0.25) is 4.79 Å². The fourth-order valence-corrected chi connectivity index (χ4v) is 2.01. The standard InChI is InChI=1S/C8H8N4O.C6H5N3O/c13-6-9-5-12-8-4-2-1-3-7(8)10-11-12;10-9-6-4-2-1-3-5(6)7-8-9/h1-4,6H,5H2,(H,9,13);1-4,10H. The van der Waals surface area contributed by atoms with E-state index < -0.39 is 0 Å². The quantitative estimate of drug-likeness (QED) is 0.428. The maximum atomic E-state index is 10.1. The van der Waals surface area contributed by atoms with Gasteiger partial charge < -0.3 is 10.5 Å². The third kappa shape index (κ3) is 3.07. The van der Waals surface area contributed by atoms with Crippen LogP contribution in [0.2, 0.25) is 0 Å². The van der Waals surface area contributed by atoms with Crippen molar-refractivity contribution < 1.29 is 10.0 Å². The number of hydrogen-bond donors (Lipinski definition) is 2. The molecular formula is C14H13N7O2. The number of aromatic nitrogens is 6. The van der Waals surface area contributed by atoms with Gasteiger partial charge in [0.1, 0.15) is 23.2 Å². The van der Waals surface area contributed by atoms with Crippen molar-refractivity contribution in [2.75, 3.05) is 0 Å². The molecule has 116 valence electrons. The predicted molar refractivity (Wildman–Crippen MR) is 81.4 cm³/mol. The van der Waals surface area contributed by atoms with Crippen LogP contribution in [0, 0.1) is 0 Å². The van der Waals surface area contributed by atoms with E-state index in [0.29, 0.717) is 24.1 Å². The lowest BCUT2D eigenvalue weighted by molar-refractivity contribution is -0.110. The van der Waals surface area contributed by atoms with E-state index in [1.807, 2.05) is 36.4 Å². The number of rotatable bonds is 3. The van der Waals surface area contributed by atoms with E-state index in [2.05, 4.69) is 25.9 Å². The monoisotopic (exact) mass is 311 g/mol. The van der Waals surface area contributed by atoms with Gasteiger partial charge in [0.05, 0.1) is 5.52 Å². The van der Waals surface area contributed by atoms with Crippen molar-refractivity contribution in [1.29, 1.82) is 0 Å². The predicted octanol–water partition coefficient (Wildman–Crippen LogP) is 0.803. The first-order valence-electron chi connectivity index (χ1n) is 6.74. The zero-order valence-corrected chi connectivity index (χ0v) is 11.9. The number of hydrogen-bond acceptors (Lipinski definition) is 6. The average molecular weight is 311 g/mol. The summed E-state index contributed by atoms with van der Waals surface area (Å²) in [6, 6.07) is 14.8. The summed E-state index contributed by atoms with van der Waals surface area (Å²) in [5.74, 6) is 0. The first kappa shape index (κ1) is 14.4. The molecule has 1 amide bonds. The second kappa shape index (κ2) is 6.52. The summed E-state index contributed by atoms with van der Waals surface area (Å²) < 4.78 is 1.63. The summed E-state index contributed by atoms with van der Waals surface area (Å²) in [7, 11) is 0. The van der Waals surface area contributed by atoms with Crippen molar-refractivity contribution in [3.63, 3.8) is 0 Å². The highest BCUT2D eigenvalue weighted by atomic mass is 16.5.